The molecule has 0 atom stereocenters. The first kappa shape index (κ1) is 14.8. The fraction of sp³-hybridized carbons (Fsp3) is 0.0714. The van der Waals surface area contributed by atoms with Crippen molar-refractivity contribution in [2.24, 2.45) is 0 Å². The van der Waals surface area contributed by atoms with Gasteiger partial charge in [-0.3, -0.25) is 4.79 Å². The number of rotatable bonds is 4. The minimum absolute atomic E-state index is 0.0662. The molecule has 2 aromatic rings. The number of amides is 1. The van der Waals surface area contributed by atoms with Crippen LogP contribution >= 0.6 is 27.5 Å². The van der Waals surface area contributed by atoms with E-state index in [9.17, 15) is 9.18 Å². The van der Waals surface area contributed by atoms with Crippen molar-refractivity contribution in [2.45, 2.75) is 0 Å². The van der Waals surface area contributed by atoms with E-state index < -0.39 is 5.82 Å². The van der Waals surface area contributed by atoms with Crippen LogP contribution < -0.4 is 10.6 Å². The van der Waals surface area contributed by atoms with Gasteiger partial charge in [-0.25, -0.2) is 4.39 Å². The molecule has 0 fully saturated rings. The number of carbonyl (C=O) groups excluding carboxylic acids is 1. The zero-order chi connectivity index (χ0) is 14.5. The molecule has 0 aromatic heterocycles. The van der Waals surface area contributed by atoms with E-state index >= 15 is 0 Å². The summed E-state index contributed by atoms with van der Waals surface area (Å²) in [6, 6.07) is 11.0. The molecule has 3 nitrogen and oxygen atoms in total. The fourth-order valence-electron chi connectivity index (χ4n) is 1.58. The number of hydrogen-bond donors (Lipinski definition) is 2. The van der Waals surface area contributed by atoms with Gasteiger partial charge in [0.2, 0.25) is 5.91 Å². The summed E-state index contributed by atoms with van der Waals surface area (Å²) in [7, 11) is 0. The van der Waals surface area contributed by atoms with E-state index in [4.69, 9.17) is 11.6 Å². The highest BCUT2D eigenvalue weighted by molar-refractivity contribution is 9.10. The smallest absolute Gasteiger partial charge is 0.243 e. The molecule has 0 spiro atoms. The van der Waals surface area contributed by atoms with Crippen molar-refractivity contribution >= 4 is 44.8 Å². The molecule has 0 aliphatic rings. The topological polar surface area (TPSA) is 41.1 Å². The lowest BCUT2D eigenvalue weighted by Crippen LogP contribution is -2.21. The minimum atomic E-state index is -0.392. The Bertz CT molecular complexity index is 636. The second-order valence-corrected chi connectivity index (χ2v) is 5.33. The van der Waals surface area contributed by atoms with E-state index in [1.54, 1.807) is 24.3 Å². The minimum Gasteiger partial charge on any atom is -0.375 e. The van der Waals surface area contributed by atoms with Gasteiger partial charge in [0, 0.05) is 20.9 Å². The van der Waals surface area contributed by atoms with Crippen LogP contribution in [0, 0.1) is 5.82 Å². The van der Waals surface area contributed by atoms with Gasteiger partial charge in [-0.05, 0) is 52.3 Å². The standard InChI is InChI=1S/C14H11BrClFN2O/c15-12-6-9(16)4-5-13(12)18-8-14(20)19-11-3-1-2-10(17)7-11/h1-7,18H,8H2,(H,19,20). The average molecular weight is 358 g/mol. The predicted octanol–water partition coefficient (Wildman–Crippen LogP) is 4.29. The first-order chi connectivity index (χ1) is 9.54. The third kappa shape index (κ3) is 4.21. The number of halogens is 3. The van der Waals surface area contributed by atoms with Gasteiger partial charge in [-0.2, -0.15) is 0 Å². The molecule has 0 bridgehead atoms. The van der Waals surface area contributed by atoms with Crippen molar-refractivity contribution in [3.8, 4) is 0 Å². The maximum Gasteiger partial charge on any atom is 0.243 e. The molecular weight excluding hydrogens is 347 g/mol. The van der Waals surface area contributed by atoms with Crippen molar-refractivity contribution in [3.05, 3.63) is 57.8 Å². The van der Waals surface area contributed by atoms with Crippen LogP contribution in [-0.4, -0.2) is 12.5 Å². The summed E-state index contributed by atoms with van der Waals surface area (Å²) in [5, 5.41) is 6.17. The second kappa shape index (κ2) is 6.72. The van der Waals surface area contributed by atoms with Crippen LogP contribution in [0.2, 0.25) is 5.02 Å². The Hall–Kier alpha value is -1.59. The molecule has 1 amide bonds. The second-order valence-electron chi connectivity index (χ2n) is 4.04. The van der Waals surface area contributed by atoms with Crippen LogP contribution in [0.1, 0.15) is 0 Å². The monoisotopic (exact) mass is 356 g/mol. The summed E-state index contributed by atoms with van der Waals surface area (Å²) >= 11 is 9.17. The van der Waals surface area contributed by atoms with Crippen LogP contribution in [0.4, 0.5) is 15.8 Å². The Morgan fingerprint density at radius 2 is 2.05 bits per heavy atom. The zero-order valence-electron chi connectivity index (χ0n) is 10.3. The van der Waals surface area contributed by atoms with Gasteiger partial charge < -0.3 is 10.6 Å². The Morgan fingerprint density at radius 1 is 1.25 bits per heavy atom. The summed E-state index contributed by atoms with van der Waals surface area (Å²) in [4.78, 5) is 11.7. The number of carbonyl (C=O) groups is 1. The van der Waals surface area contributed by atoms with Crippen LogP contribution in [0.15, 0.2) is 46.9 Å². The van der Waals surface area contributed by atoms with Crippen LogP contribution in [0.3, 0.4) is 0 Å². The van der Waals surface area contributed by atoms with Gasteiger partial charge in [0.15, 0.2) is 0 Å². The molecule has 20 heavy (non-hydrogen) atoms. The normalized spacial score (nSPS) is 10.2. The highest BCUT2D eigenvalue weighted by atomic mass is 79.9. The largest absolute Gasteiger partial charge is 0.375 e. The Labute approximate surface area is 129 Å². The number of anilines is 2. The van der Waals surface area contributed by atoms with Gasteiger partial charge >= 0.3 is 0 Å². The number of hydrogen-bond acceptors (Lipinski definition) is 2. The molecule has 104 valence electrons. The molecule has 2 aromatic carbocycles. The third-order valence-electron chi connectivity index (χ3n) is 2.48. The third-order valence-corrected chi connectivity index (χ3v) is 3.37. The van der Waals surface area contributed by atoms with Crippen LogP contribution in [0.5, 0.6) is 0 Å². The van der Waals surface area contributed by atoms with E-state index in [1.807, 2.05) is 0 Å². The van der Waals surface area contributed by atoms with Crippen molar-refractivity contribution in [3.63, 3.8) is 0 Å². The highest BCUT2D eigenvalue weighted by Gasteiger charge is 2.05. The van der Waals surface area contributed by atoms with Crippen LogP contribution in [0.25, 0.3) is 0 Å². The molecular formula is C14H11BrClFN2O. The fourth-order valence-corrected chi connectivity index (χ4v) is 2.40. The quantitative estimate of drug-likeness (QED) is 0.857. The highest BCUT2D eigenvalue weighted by Crippen LogP contribution is 2.25. The summed E-state index contributed by atoms with van der Waals surface area (Å²) < 4.78 is 13.7. The molecule has 0 radical (unpaired) electrons. The molecule has 0 saturated heterocycles. The lowest BCUT2D eigenvalue weighted by Gasteiger charge is -2.09. The Morgan fingerprint density at radius 3 is 2.75 bits per heavy atom. The van der Waals surface area contributed by atoms with Gasteiger partial charge in [-0.15, -0.1) is 0 Å². The van der Waals surface area contributed by atoms with Crippen molar-refractivity contribution < 1.29 is 9.18 Å². The Kier molecular flexibility index (Phi) is 4.98. The maximum absolute atomic E-state index is 13.0. The first-order valence-electron chi connectivity index (χ1n) is 5.79. The van der Waals surface area contributed by atoms with E-state index in [0.717, 1.165) is 10.2 Å². The number of nitrogens with one attached hydrogen (secondary N) is 2. The van der Waals surface area contributed by atoms with E-state index in [0.29, 0.717) is 10.7 Å². The zero-order valence-corrected chi connectivity index (χ0v) is 12.6. The lowest BCUT2D eigenvalue weighted by molar-refractivity contribution is -0.114. The van der Waals surface area contributed by atoms with Crippen molar-refractivity contribution in [2.75, 3.05) is 17.2 Å². The van der Waals surface area contributed by atoms with Gasteiger partial charge in [0.25, 0.3) is 0 Å². The first-order valence-corrected chi connectivity index (χ1v) is 6.96. The molecule has 2 rings (SSSR count). The summed E-state index contributed by atoms with van der Waals surface area (Å²) in [6.07, 6.45) is 0. The predicted molar refractivity (Wildman–Crippen MR) is 82.7 cm³/mol. The SMILES string of the molecule is O=C(CNc1ccc(Cl)cc1Br)Nc1cccc(F)c1. The number of benzene rings is 2. The van der Waals surface area contributed by atoms with E-state index in [-0.39, 0.29) is 12.5 Å². The summed E-state index contributed by atoms with van der Waals surface area (Å²) in [6.45, 7) is 0.0662. The van der Waals surface area contributed by atoms with E-state index in [2.05, 4.69) is 26.6 Å². The molecule has 6 heteroatoms. The van der Waals surface area contributed by atoms with Crippen molar-refractivity contribution in [1.29, 1.82) is 0 Å². The molecule has 0 unspecified atom stereocenters. The molecule has 0 heterocycles. The molecule has 0 aliphatic heterocycles. The molecule has 0 saturated carbocycles. The van der Waals surface area contributed by atoms with Gasteiger partial charge in [0.1, 0.15) is 5.82 Å². The van der Waals surface area contributed by atoms with Crippen LogP contribution in [-0.2, 0) is 4.79 Å². The Balaban J connectivity index is 1.92. The molecule has 2 N–H and O–H groups in total. The summed E-state index contributed by atoms with van der Waals surface area (Å²) in [5.74, 6) is -0.659. The maximum atomic E-state index is 13.0. The summed E-state index contributed by atoms with van der Waals surface area (Å²) in [5.41, 5.74) is 1.18. The average Bonchev–Trinajstić information content (AvgIpc) is 2.37. The molecule has 0 aliphatic carbocycles. The lowest BCUT2D eigenvalue weighted by atomic mass is 10.3. The van der Waals surface area contributed by atoms with Crippen molar-refractivity contribution in [1.82, 2.24) is 0 Å². The van der Waals surface area contributed by atoms with Gasteiger partial charge in [-0.1, -0.05) is 17.7 Å². The van der Waals surface area contributed by atoms with Gasteiger partial charge in [0.05, 0.1) is 6.54 Å². The van der Waals surface area contributed by atoms with E-state index in [1.165, 1.54) is 18.2 Å².